The van der Waals surface area contributed by atoms with Crippen LogP contribution in [0.3, 0.4) is 0 Å². The average Bonchev–Trinajstić information content (AvgIpc) is 2.89. The quantitative estimate of drug-likeness (QED) is 0.580. The van der Waals surface area contributed by atoms with E-state index in [4.69, 9.17) is 11.6 Å². The molecule has 0 atom stereocenters. The highest BCUT2D eigenvalue weighted by atomic mass is 35.5. The molecule has 2 heteroatoms. The molecule has 5 aliphatic carbocycles. The molecule has 4 saturated carbocycles. The molecule has 0 radical (unpaired) electrons. The van der Waals surface area contributed by atoms with E-state index in [9.17, 15) is 5.26 Å². The molecule has 5 aliphatic rings. The van der Waals surface area contributed by atoms with Crippen LogP contribution in [0.5, 0.6) is 0 Å². The summed E-state index contributed by atoms with van der Waals surface area (Å²) in [4.78, 5) is 0. The second-order valence-electron chi connectivity index (χ2n) is 8.70. The molecule has 25 heavy (non-hydrogen) atoms. The van der Waals surface area contributed by atoms with Crippen LogP contribution in [0, 0.1) is 35.0 Å². The molecule has 0 amide bonds. The van der Waals surface area contributed by atoms with Crippen LogP contribution in [-0.4, -0.2) is 0 Å². The Labute approximate surface area is 153 Å². The fraction of sp³-hybridized carbons (Fsp3) is 0.435. The Morgan fingerprint density at radius 3 is 2.32 bits per heavy atom. The first-order chi connectivity index (χ1) is 12.2. The highest BCUT2D eigenvalue weighted by Gasteiger charge is 2.62. The number of halogens is 1. The van der Waals surface area contributed by atoms with Crippen molar-refractivity contribution in [1.29, 1.82) is 5.26 Å². The van der Waals surface area contributed by atoms with E-state index in [2.05, 4.69) is 24.3 Å². The largest absolute Gasteiger partial charge is 0.192 e. The SMILES string of the molecule is N#Cc1cccc2c1C1(c3cc(Cl)ccc3-2)C2CC3CC(C2)CC1C3. The van der Waals surface area contributed by atoms with Crippen LogP contribution in [0.25, 0.3) is 11.1 Å². The van der Waals surface area contributed by atoms with Gasteiger partial charge in [0.1, 0.15) is 0 Å². The van der Waals surface area contributed by atoms with E-state index in [1.165, 1.54) is 54.4 Å². The average molecular weight is 346 g/mol. The molecule has 4 bridgehead atoms. The summed E-state index contributed by atoms with van der Waals surface area (Å²) in [5, 5.41) is 10.7. The fourth-order valence-corrected chi connectivity index (χ4v) is 7.49. The molecular weight excluding hydrogens is 326 g/mol. The van der Waals surface area contributed by atoms with E-state index in [0.717, 1.165) is 22.4 Å². The molecule has 1 spiro atoms. The summed E-state index contributed by atoms with van der Waals surface area (Å²) in [6.45, 7) is 0. The van der Waals surface area contributed by atoms with Gasteiger partial charge < -0.3 is 0 Å². The van der Waals surface area contributed by atoms with Gasteiger partial charge in [-0.3, -0.25) is 0 Å². The molecule has 0 heterocycles. The Balaban J connectivity index is 1.73. The minimum Gasteiger partial charge on any atom is -0.192 e. The van der Waals surface area contributed by atoms with Gasteiger partial charge in [0.05, 0.1) is 11.6 Å². The molecule has 2 aromatic carbocycles. The van der Waals surface area contributed by atoms with Crippen LogP contribution >= 0.6 is 11.6 Å². The molecule has 0 saturated heterocycles. The highest BCUT2D eigenvalue weighted by molar-refractivity contribution is 6.30. The number of nitriles is 1. The van der Waals surface area contributed by atoms with Gasteiger partial charge in [0.15, 0.2) is 0 Å². The molecule has 0 unspecified atom stereocenters. The van der Waals surface area contributed by atoms with Gasteiger partial charge in [0, 0.05) is 10.4 Å². The zero-order valence-electron chi connectivity index (χ0n) is 14.1. The third-order valence-electron chi connectivity index (χ3n) is 7.74. The second-order valence-corrected chi connectivity index (χ2v) is 9.14. The maximum absolute atomic E-state index is 9.90. The number of rotatable bonds is 0. The molecule has 124 valence electrons. The van der Waals surface area contributed by atoms with Gasteiger partial charge in [0.25, 0.3) is 0 Å². The van der Waals surface area contributed by atoms with Crippen LogP contribution < -0.4 is 0 Å². The first kappa shape index (κ1) is 14.4. The number of nitrogens with zero attached hydrogens (tertiary/aromatic N) is 1. The molecule has 4 fully saturated rings. The normalized spacial score (nSPS) is 36.3. The Morgan fingerprint density at radius 2 is 1.64 bits per heavy atom. The molecular formula is C23H20ClN. The zero-order valence-corrected chi connectivity index (χ0v) is 14.9. The van der Waals surface area contributed by atoms with Crippen LogP contribution in [0.4, 0.5) is 0 Å². The van der Waals surface area contributed by atoms with Gasteiger partial charge in [-0.15, -0.1) is 0 Å². The van der Waals surface area contributed by atoms with E-state index < -0.39 is 0 Å². The second kappa shape index (κ2) is 4.68. The van der Waals surface area contributed by atoms with Crippen LogP contribution in [-0.2, 0) is 5.41 Å². The molecule has 2 aromatic rings. The zero-order chi connectivity index (χ0) is 16.8. The Morgan fingerprint density at radius 1 is 0.920 bits per heavy atom. The summed E-state index contributed by atoms with van der Waals surface area (Å²) in [6, 6.07) is 15.3. The fourth-order valence-electron chi connectivity index (χ4n) is 7.32. The van der Waals surface area contributed by atoms with Crippen molar-refractivity contribution >= 4 is 11.6 Å². The summed E-state index contributed by atoms with van der Waals surface area (Å²) in [6.07, 6.45) is 6.77. The van der Waals surface area contributed by atoms with Crippen molar-refractivity contribution in [2.75, 3.05) is 0 Å². The molecule has 0 N–H and O–H groups in total. The lowest BCUT2D eigenvalue weighted by Gasteiger charge is -2.61. The lowest BCUT2D eigenvalue weighted by Crippen LogP contribution is -2.55. The van der Waals surface area contributed by atoms with Crippen molar-refractivity contribution in [3.63, 3.8) is 0 Å². The van der Waals surface area contributed by atoms with E-state index in [-0.39, 0.29) is 5.41 Å². The van der Waals surface area contributed by atoms with Crippen molar-refractivity contribution in [3.05, 3.63) is 58.1 Å². The minimum atomic E-state index is 0.0370. The summed E-state index contributed by atoms with van der Waals surface area (Å²) in [5.41, 5.74) is 6.30. The lowest BCUT2D eigenvalue weighted by molar-refractivity contribution is -0.0400. The van der Waals surface area contributed by atoms with Crippen molar-refractivity contribution in [3.8, 4) is 17.2 Å². The predicted octanol–water partition coefficient (Wildman–Crippen LogP) is 5.93. The number of benzene rings is 2. The number of fused-ring (bicyclic) bond motifs is 3. The van der Waals surface area contributed by atoms with Crippen molar-refractivity contribution < 1.29 is 0 Å². The van der Waals surface area contributed by atoms with E-state index in [0.29, 0.717) is 11.8 Å². The molecule has 7 rings (SSSR count). The third kappa shape index (κ3) is 1.61. The van der Waals surface area contributed by atoms with Crippen LogP contribution in [0.15, 0.2) is 36.4 Å². The minimum absolute atomic E-state index is 0.0370. The van der Waals surface area contributed by atoms with Crippen LogP contribution in [0.1, 0.15) is 48.8 Å². The van der Waals surface area contributed by atoms with E-state index in [1.54, 1.807) is 0 Å². The Kier molecular flexibility index (Phi) is 2.70. The smallest absolute Gasteiger partial charge is 0.0995 e. The van der Waals surface area contributed by atoms with E-state index in [1.807, 2.05) is 18.2 Å². The summed E-state index contributed by atoms with van der Waals surface area (Å²) < 4.78 is 0. The third-order valence-corrected chi connectivity index (χ3v) is 7.98. The maximum atomic E-state index is 9.90. The van der Waals surface area contributed by atoms with Gasteiger partial charge in [-0.25, -0.2) is 0 Å². The number of hydrogen-bond acceptors (Lipinski definition) is 1. The summed E-state index contributed by atoms with van der Waals surface area (Å²) in [5.74, 6) is 3.18. The molecule has 1 nitrogen and oxygen atoms in total. The highest BCUT2D eigenvalue weighted by Crippen LogP contribution is 2.69. The van der Waals surface area contributed by atoms with Gasteiger partial charge in [-0.2, -0.15) is 5.26 Å². The van der Waals surface area contributed by atoms with Crippen LogP contribution in [0.2, 0.25) is 5.02 Å². The topological polar surface area (TPSA) is 23.8 Å². The Bertz CT molecular complexity index is 923. The maximum Gasteiger partial charge on any atom is 0.0995 e. The van der Waals surface area contributed by atoms with Gasteiger partial charge in [-0.1, -0.05) is 29.8 Å². The Hall–Kier alpha value is -1.78. The first-order valence-electron chi connectivity index (χ1n) is 9.55. The molecule has 0 aliphatic heterocycles. The van der Waals surface area contributed by atoms with Crippen molar-refractivity contribution in [2.45, 2.75) is 37.5 Å². The van der Waals surface area contributed by atoms with Gasteiger partial charge >= 0.3 is 0 Å². The monoisotopic (exact) mass is 345 g/mol. The van der Waals surface area contributed by atoms with Crippen molar-refractivity contribution in [1.82, 2.24) is 0 Å². The lowest BCUT2D eigenvalue weighted by atomic mass is 9.43. The van der Waals surface area contributed by atoms with Gasteiger partial charge in [-0.05, 0) is 96.2 Å². The molecule has 0 aromatic heterocycles. The predicted molar refractivity (Wildman–Crippen MR) is 99.4 cm³/mol. The summed E-state index contributed by atoms with van der Waals surface area (Å²) >= 11 is 6.47. The van der Waals surface area contributed by atoms with E-state index >= 15 is 0 Å². The van der Waals surface area contributed by atoms with Crippen molar-refractivity contribution in [2.24, 2.45) is 23.7 Å². The van der Waals surface area contributed by atoms with Gasteiger partial charge in [0.2, 0.25) is 0 Å². The summed E-state index contributed by atoms with van der Waals surface area (Å²) in [7, 11) is 0. The first-order valence-corrected chi connectivity index (χ1v) is 9.93. The standard InChI is InChI=1S/C23H20ClN/c24-18-4-5-19-20-3-1-2-15(12-25)22(20)23(21(19)11-18)16-7-13-6-14(9-16)10-17(23)8-13/h1-5,11,13-14,16-17H,6-10H2. The number of hydrogen-bond donors (Lipinski definition) is 0.